The fraction of sp³-hybridized carbons (Fsp3) is 0. The number of anilines is 6. The van der Waals surface area contributed by atoms with Crippen molar-refractivity contribution in [2.75, 3.05) is 9.80 Å². The fourth-order valence-corrected chi connectivity index (χ4v) is 9.84. The second-order valence-corrected chi connectivity index (χ2v) is 16.4. The van der Waals surface area contributed by atoms with Crippen molar-refractivity contribution < 1.29 is 0 Å². The molecule has 0 atom stereocenters. The molecule has 10 aromatic carbocycles. The van der Waals surface area contributed by atoms with Gasteiger partial charge in [0.15, 0.2) is 0 Å². The Hall–Kier alpha value is -7.72. The van der Waals surface area contributed by atoms with Crippen molar-refractivity contribution in [3.8, 4) is 33.4 Å². The van der Waals surface area contributed by atoms with Gasteiger partial charge in [0.2, 0.25) is 0 Å². The van der Waals surface area contributed by atoms with E-state index in [9.17, 15) is 0 Å². The predicted octanol–water partition coefficient (Wildman–Crippen LogP) is 17.1. The summed E-state index contributed by atoms with van der Waals surface area (Å²) in [6.07, 6.45) is 0. The minimum Gasteiger partial charge on any atom is -0.311 e. The lowest BCUT2D eigenvalue weighted by Gasteiger charge is -2.27. The smallest absolute Gasteiger partial charge is 0.0640 e. The predicted molar refractivity (Wildman–Crippen MR) is 263 cm³/mol. The number of nitrogens with zero attached hydrogens (tertiary/aromatic N) is 2. The zero-order valence-electron chi connectivity index (χ0n) is 33.4. The summed E-state index contributed by atoms with van der Waals surface area (Å²) in [5, 5.41) is 5.03. The highest BCUT2D eigenvalue weighted by Crippen LogP contribution is 2.46. The molecule has 2 nitrogen and oxygen atoms in total. The van der Waals surface area contributed by atoms with Gasteiger partial charge in [-0.3, -0.25) is 0 Å². The maximum absolute atomic E-state index is 2.44. The molecule has 0 radical (unpaired) electrons. The average molecular weight is 797 g/mol. The first kappa shape index (κ1) is 36.4. The van der Waals surface area contributed by atoms with Crippen LogP contribution < -0.4 is 9.80 Å². The molecule has 11 rings (SSSR count). The molecule has 0 bridgehead atoms. The van der Waals surface area contributed by atoms with E-state index in [2.05, 4.69) is 252 Å². The lowest BCUT2D eigenvalue weighted by atomic mass is 10.00. The molecule has 11 aromatic rings. The van der Waals surface area contributed by atoms with E-state index < -0.39 is 0 Å². The van der Waals surface area contributed by atoms with Crippen molar-refractivity contribution in [2.24, 2.45) is 0 Å². The average Bonchev–Trinajstić information content (AvgIpc) is 3.73. The van der Waals surface area contributed by atoms with Gasteiger partial charge < -0.3 is 9.80 Å². The largest absolute Gasteiger partial charge is 0.311 e. The van der Waals surface area contributed by atoms with Crippen LogP contribution in [0.2, 0.25) is 0 Å². The molecule has 61 heavy (non-hydrogen) atoms. The number of rotatable bonds is 9. The number of benzene rings is 10. The Bertz CT molecular complexity index is 3260. The van der Waals surface area contributed by atoms with Gasteiger partial charge in [-0.25, -0.2) is 0 Å². The summed E-state index contributed by atoms with van der Waals surface area (Å²) in [6, 6.07) is 87.6. The van der Waals surface area contributed by atoms with Crippen molar-refractivity contribution in [1.82, 2.24) is 0 Å². The van der Waals surface area contributed by atoms with E-state index in [1.807, 2.05) is 11.3 Å². The van der Waals surface area contributed by atoms with Gasteiger partial charge in [-0.15, -0.1) is 11.3 Å². The maximum atomic E-state index is 2.44. The van der Waals surface area contributed by atoms with Crippen LogP contribution >= 0.6 is 11.3 Å². The van der Waals surface area contributed by atoms with E-state index in [4.69, 9.17) is 0 Å². The van der Waals surface area contributed by atoms with Crippen molar-refractivity contribution >= 4 is 76.4 Å². The highest BCUT2D eigenvalue weighted by atomic mass is 32.1. The van der Waals surface area contributed by atoms with E-state index >= 15 is 0 Å². The van der Waals surface area contributed by atoms with Crippen LogP contribution in [0.15, 0.2) is 243 Å². The number of hydrogen-bond donors (Lipinski definition) is 0. The van der Waals surface area contributed by atoms with Gasteiger partial charge in [0.25, 0.3) is 0 Å². The molecular weight excluding hydrogens is 757 g/mol. The van der Waals surface area contributed by atoms with Crippen LogP contribution in [-0.4, -0.2) is 0 Å². The van der Waals surface area contributed by atoms with Crippen LogP contribution in [-0.2, 0) is 0 Å². The number of para-hydroxylation sites is 1. The Balaban J connectivity index is 0.919. The molecule has 0 unspecified atom stereocenters. The molecule has 0 saturated carbocycles. The zero-order chi connectivity index (χ0) is 40.5. The van der Waals surface area contributed by atoms with Crippen LogP contribution in [0.4, 0.5) is 34.1 Å². The van der Waals surface area contributed by atoms with E-state index in [0.717, 1.165) is 28.4 Å². The molecule has 0 spiro atoms. The van der Waals surface area contributed by atoms with E-state index in [1.165, 1.54) is 70.0 Å². The van der Waals surface area contributed by atoms with Crippen molar-refractivity contribution in [3.05, 3.63) is 243 Å². The lowest BCUT2D eigenvalue weighted by Crippen LogP contribution is -2.10. The molecule has 0 aliphatic heterocycles. The summed E-state index contributed by atoms with van der Waals surface area (Å²) >= 11 is 1.87. The van der Waals surface area contributed by atoms with Gasteiger partial charge in [-0.05, 0) is 105 Å². The normalized spacial score (nSPS) is 11.3. The van der Waals surface area contributed by atoms with E-state index in [0.29, 0.717) is 0 Å². The van der Waals surface area contributed by atoms with Crippen molar-refractivity contribution in [2.45, 2.75) is 0 Å². The van der Waals surface area contributed by atoms with Gasteiger partial charge in [-0.1, -0.05) is 176 Å². The van der Waals surface area contributed by atoms with Gasteiger partial charge in [0.05, 0.1) is 16.1 Å². The summed E-state index contributed by atoms with van der Waals surface area (Å²) in [5.74, 6) is 0. The minimum atomic E-state index is 1.10. The Labute approximate surface area is 360 Å². The molecule has 0 fully saturated rings. The van der Waals surface area contributed by atoms with Crippen LogP contribution in [0, 0.1) is 0 Å². The highest BCUT2D eigenvalue weighted by molar-refractivity contribution is 7.26. The number of thiophene rings is 1. The van der Waals surface area contributed by atoms with Gasteiger partial charge >= 0.3 is 0 Å². The summed E-state index contributed by atoms with van der Waals surface area (Å²) in [5.41, 5.74) is 14.0. The molecule has 0 aliphatic carbocycles. The first-order valence-corrected chi connectivity index (χ1v) is 21.6. The van der Waals surface area contributed by atoms with Crippen molar-refractivity contribution in [1.29, 1.82) is 0 Å². The Morgan fingerprint density at radius 1 is 0.246 bits per heavy atom. The van der Waals surface area contributed by atoms with Crippen LogP contribution in [0.3, 0.4) is 0 Å². The zero-order valence-corrected chi connectivity index (χ0v) is 34.2. The molecular formula is C58H40N2S. The molecule has 288 valence electrons. The SMILES string of the molecule is c1ccc(-c2ccc(-c3ccc(N(c4ccccc4)c4ccc(-c5ccc(N(c6cccc7ccccc67)c6cccc7c6sc6ccccc67)cc5)cc4)cc3)cc2)cc1. The third-order valence-electron chi connectivity index (χ3n) is 11.7. The topological polar surface area (TPSA) is 6.48 Å². The highest BCUT2D eigenvalue weighted by Gasteiger charge is 2.20. The van der Waals surface area contributed by atoms with Gasteiger partial charge in [0.1, 0.15) is 0 Å². The summed E-state index contributed by atoms with van der Waals surface area (Å²) in [4.78, 5) is 4.77. The monoisotopic (exact) mass is 796 g/mol. The molecule has 0 aliphatic rings. The second kappa shape index (κ2) is 15.8. The van der Waals surface area contributed by atoms with Crippen LogP contribution in [0.25, 0.3) is 64.3 Å². The quantitative estimate of drug-likeness (QED) is 0.144. The number of fused-ring (bicyclic) bond motifs is 4. The fourth-order valence-electron chi connectivity index (χ4n) is 8.64. The Kier molecular flexibility index (Phi) is 9.42. The Morgan fingerprint density at radius 2 is 0.639 bits per heavy atom. The maximum Gasteiger partial charge on any atom is 0.0640 e. The van der Waals surface area contributed by atoms with E-state index in [-0.39, 0.29) is 0 Å². The Morgan fingerprint density at radius 3 is 1.25 bits per heavy atom. The molecule has 1 heterocycles. The summed E-state index contributed by atoms with van der Waals surface area (Å²) in [7, 11) is 0. The number of hydrogen-bond acceptors (Lipinski definition) is 3. The van der Waals surface area contributed by atoms with Crippen LogP contribution in [0.5, 0.6) is 0 Å². The molecule has 0 amide bonds. The first-order chi connectivity index (χ1) is 30.2. The third-order valence-corrected chi connectivity index (χ3v) is 12.9. The van der Waals surface area contributed by atoms with E-state index in [1.54, 1.807) is 0 Å². The minimum absolute atomic E-state index is 1.10. The molecule has 3 heteroatoms. The third kappa shape index (κ3) is 6.91. The molecule has 1 aromatic heterocycles. The lowest BCUT2D eigenvalue weighted by molar-refractivity contribution is 1.28. The van der Waals surface area contributed by atoms with Crippen LogP contribution in [0.1, 0.15) is 0 Å². The van der Waals surface area contributed by atoms with Gasteiger partial charge in [-0.2, -0.15) is 0 Å². The first-order valence-electron chi connectivity index (χ1n) is 20.7. The summed E-state index contributed by atoms with van der Waals surface area (Å²) < 4.78 is 2.58. The molecule has 0 N–H and O–H groups in total. The van der Waals surface area contributed by atoms with Crippen molar-refractivity contribution in [3.63, 3.8) is 0 Å². The standard InChI is InChI=1S/C58H40N2S/c1-3-13-41(14-4-1)42-25-27-43(28-26-42)44-29-35-49(36-30-44)59(48-17-5-2-6-18-48)50-37-31-45(32-38-50)46-33-39-51(40-34-46)60(55-22-11-16-47-15-7-8-19-52(47)55)56-23-12-21-54-53-20-9-10-24-57(53)61-58(54)56/h1-40H. The van der Waals surface area contributed by atoms with Gasteiger partial charge in [0, 0.05) is 43.6 Å². The summed E-state index contributed by atoms with van der Waals surface area (Å²) in [6.45, 7) is 0. The molecule has 0 saturated heterocycles. The second-order valence-electron chi connectivity index (χ2n) is 15.3.